The molecule has 0 aliphatic heterocycles. The number of nitrogens with one attached hydrogen (secondary N) is 1. The second-order valence-electron chi connectivity index (χ2n) is 11.7. The summed E-state index contributed by atoms with van der Waals surface area (Å²) in [6.45, 7) is 3.08. The van der Waals surface area contributed by atoms with E-state index in [1.54, 1.807) is 18.3 Å². The summed E-state index contributed by atoms with van der Waals surface area (Å²) < 4.78 is 42.1. The standard InChI is InChI=1S/C36H40ClN3O6S/c1-3-45-36-34(40-35(41)30(19-25-11-7-8-12-25)27-17-18-33(31(37)20-27)47(2,42)43)38-21-29(39-36)24-44-23-28-15-9-10-16-32(28)46-22-26-13-5-4-6-14-26/h4-6,9-10,13-18,20-21,25,30H,3,7-8,11-12,19,22-24H2,1-2H3,(H,38,40,41)/t30-/m1/s1. The molecule has 1 aliphatic carbocycles. The molecule has 0 spiro atoms. The van der Waals surface area contributed by atoms with Crippen molar-refractivity contribution >= 4 is 33.2 Å². The van der Waals surface area contributed by atoms with Crippen molar-refractivity contribution in [3.63, 3.8) is 0 Å². The van der Waals surface area contributed by atoms with Gasteiger partial charge < -0.3 is 19.5 Å². The van der Waals surface area contributed by atoms with Gasteiger partial charge in [0.05, 0.1) is 47.5 Å². The van der Waals surface area contributed by atoms with Crippen molar-refractivity contribution in [3.8, 4) is 11.6 Å². The second kappa shape index (κ2) is 16.2. The largest absolute Gasteiger partial charge is 0.489 e. The lowest BCUT2D eigenvalue weighted by Gasteiger charge is -2.21. The number of carbonyl (C=O) groups is 1. The summed E-state index contributed by atoms with van der Waals surface area (Å²) in [6.07, 6.45) is 7.62. The molecule has 3 aromatic carbocycles. The van der Waals surface area contributed by atoms with Crippen LogP contribution in [0, 0.1) is 5.92 Å². The van der Waals surface area contributed by atoms with Crippen LogP contribution < -0.4 is 14.8 Å². The van der Waals surface area contributed by atoms with Gasteiger partial charge in [-0.05, 0) is 48.6 Å². The summed E-state index contributed by atoms with van der Waals surface area (Å²) in [5.41, 5.74) is 3.17. The number of para-hydroxylation sites is 1. The Labute approximate surface area is 281 Å². The highest BCUT2D eigenvalue weighted by Gasteiger charge is 2.29. The second-order valence-corrected chi connectivity index (χ2v) is 14.1. The van der Waals surface area contributed by atoms with Gasteiger partial charge in [-0.2, -0.15) is 0 Å². The van der Waals surface area contributed by atoms with Crippen LogP contribution in [0.4, 0.5) is 5.82 Å². The molecular formula is C36H40ClN3O6S. The molecular weight excluding hydrogens is 638 g/mol. The molecule has 5 rings (SSSR count). The average Bonchev–Trinajstić information content (AvgIpc) is 3.58. The smallest absolute Gasteiger partial charge is 0.258 e. The first-order valence-electron chi connectivity index (χ1n) is 15.8. The Bertz CT molecular complexity index is 1760. The first kappa shape index (κ1) is 34.3. The van der Waals surface area contributed by atoms with Crippen LogP contribution >= 0.6 is 11.6 Å². The molecule has 0 unspecified atom stereocenters. The van der Waals surface area contributed by atoms with E-state index in [9.17, 15) is 13.2 Å². The Morgan fingerprint density at radius 1 is 0.979 bits per heavy atom. The Balaban J connectivity index is 1.27. The Morgan fingerprint density at radius 2 is 1.72 bits per heavy atom. The lowest BCUT2D eigenvalue weighted by molar-refractivity contribution is -0.118. The summed E-state index contributed by atoms with van der Waals surface area (Å²) in [5.74, 6) is 0.674. The number of hydrogen-bond donors (Lipinski definition) is 1. The van der Waals surface area contributed by atoms with E-state index in [-0.39, 0.29) is 34.1 Å². The van der Waals surface area contributed by atoms with Gasteiger partial charge in [0.25, 0.3) is 5.88 Å². The molecule has 9 nitrogen and oxygen atoms in total. The van der Waals surface area contributed by atoms with Crippen LogP contribution in [-0.4, -0.2) is 37.2 Å². The third-order valence-electron chi connectivity index (χ3n) is 8.15. The van der Waals surface area contributed by atoms with Gasteiger partial charge in [-0.3, -0.25) is 4.79 Å². The molecule has 1 saturated carbocycles. The predicted molar refractivity (Wildman–Crippen MR) is 181 cm³/mol. The summed E-state index contributed by atoms with van der Waals surface area (Å²) in [4.78, 5) is 22.9. The maximum atomic E-state index is 13.8. The lowest BCUT2D eigenvalue weighted by atomic mass is 9.87. The minimum Gasteiger partial charge on any atom is -0.489 e. The molecule has 0 radical (unpaired) electrons. The molecule has 248 valence electrons. The minimum atomic E-state index is -3.51. The molecule has 47 heavy (non-hydrogen) atoms. The van der Waals surface area contributed by atoms with E-state index in [1.165, 1.54) is 6.07 Å². The monoisotopic (exact) mass is 677 g/mol. The average molecular weight is 678 g/mol. The van der Waals surface area contributed by atoms with E-state index in [2.05, 4.69) is 15.3 Å². The molecule has 0 saturated heterocycles. The van der Waals surface area contributed by atoms with Gasteiger partial charge in [0, 0.05) is 11.8 Å². The number of nitrogens with zero attached hydrogens (tertiary/aromatic N) is 2. The fraction of sp³-hybridized carbons (Fsp3) is 0.361. The first-order valence-corrected chi connectivity index (χ1v) is 18.1. The van der Waals surface area contributed by atoms with Crippen LogP contribution in [0.25, 0.3) is 0 Å². The quantitative estimate of drug-likeness (QED) is 0.137. The highest BCUT2D eigenvalue weighted by Crippen LogP contribution is 2.37. The van der Waals surface area contributed by atoms with Crippen LogP contribution in [0.1, 0.15) is 67.3 Å². The zero-order valence-corrected chi connectivity index (χ0v) is 28.2. The number of sulfone groups is 1. The predicted octanol–water partition coefficient (Wildman–Crippen LogP) is 7.53. The number of carbonyl (C=O) groups excluding carboxylic acids is 1. The normalized spacial score (nSPS) is 14.1. The number of rotatable bonds is 15. The van der Waals surface area contributed by atoms with Crippen LogP contribution in [0.5, 0.6) is 11.6 Å². The van der Waals surface area contributed by atoms with Gasteiger partial charge in [0.1, 0.15) is 12.4 Å². The van der Waals surface area contributed by atoms with Crippen molar-refractivity contribution in [2.45, 2.75) is 69.7 Å². The molecule has 1 fully saturated rings. The van der Waals surface area contributed by atoms with Gasteiger partial charge in [0.2, 0.25) is 5.91 Å². The molecule has 1 heterocycles. The molecule has 1 amide bonds. The van der Waals surface area contributed by atoms with Gasteiger partial charge >= 0.3 is 0 Å². The van der Waals surface area contributed by atoms with E-state index < -0.39 is 15.8 Å². The van der Waals surface area contributed by atoms with E-state index in [4.69, 9.17) is 25.8 Å². The number of aromatic nitrogens is 2. The summed E-state index contributed by atoms with van der Waals surface area (Å²) in [6, 6.07) is 22.4. The highest BCUT2D eigenvalue weighted by molar-refractivity contribution is 7.90. The van der Waals surface area contributed by atoms with Gasteiger partial charge in [0.15, 0.2) is 15.7 Å². The molecule has 4 aromatic rings. The fourth-order valence-electron chi connectivity index (χ4n) is 5.78. The maximum absolute atomic E-state index is 13.8. The minimum absolute atomic E-state index is 0.0356. The Hall–Kier alpha value is -3.99. The zero-order chi connectivity index (χ0) is 33.2. The number of benzene rings is 3. The van der Waals surface area contributed by atoms with Crippen LogP contribution in [0.2, 0.25) is 5.02 Å². The third kappa shape index (κ3) is 9.53. The topological polar surface area (TPSA) is 117 Å². The van der Waals surface area contributed by atoms with Gasteiger partial charge in [-0.25, -0.2) is 18.4 Å². The number of anilines is 1. The van der Waals surface area contributed by atoms with E-state index in [0.29, 0.717) is 43.4 Å². The first-order chi connectivity index (χ1) is 22.7. The van der Waals surface area contributed by atoms with E-state index in [1.807, 2.05) is 61.5 Å². The molecule has 0 bridgehead atoms. The van der Waals surface area contributed by atoms with Crippen molar-refractivity contribution in [1.29, 1.82) is 0 Å². The molecule has 11 heteroatoms. The van der Waals surface area contributed by atoms with Crippen molar-refractivity contribution < 1.29 is 27.4 Å². The van der Waals surface area contributed by atoms with Crippen molar-refractivity contribution in [2.75, 3.05) is 18.2 Å². The number of amides is 1. The Kier molecular flexibility index (Phi) is 11.8. The molecule has 1 atom stereocenters. The van der Waals surface area contributed by atoms with Gasteiger partial charge in [-0.1, -0.05) is 91.9 Å². The van der Waals surface area contributed by atoms with Crippen molar-refractivity contribution in [3.05, 3.63) is 106 Å². The molecule has 1 aromatic heterocycles. The van der Waals surface area contributed by atoms with Crippen molar-refractivity contribution in [1.82, 2.24) is 9.97 Å². The maximum Gasteiger partial charge on any atom is 0.258 e. The van der Waals surface area contributed by atoms with Crippen LogP contribution in [-0.2, 0) is 39.2 Å². The summed E-state index contributed by atoms with van der Waals surface area (Å²) >= 11 is 6.38. The lowest BCUT2D eigenvalue weighted by Crippen LogP contribution is -2.24. The third-order valence-corrected chi connectivity index (χ3v) is 9.73. The van der Waals surface area contributed by atoms with Crippen molar-refractivity contribution in [2.24, 2.45) is 5.92 Å². The molecule has 1 N–H and O–H groups in total. The fourth-order valence-corrected chi connectivity index (χ4v) is 7.11. The number of halogens is 1. The van der Waals surface area contributed by atoms with Crippen LogP contribution in [0.3, 0.4) is 0 Å². The van der Waals surface area contributed by atoms with Crippen LogP contribution in [0.15, 0.2) is 83.9 Å². The van der Waals surface area contributed by atoms with E-state index >= 15 is 0 Å². The Morgan fingerprint density at radius 3 is 2.45 bits per heavy atom. The van der Waals surface area contributed by atoms with E-state index in [0.717, 1.165) is 48.8 Å². The summed E-state index contributed by atoms with van der Waals surface area (Å²) in [5, 5.41) is 3.02. The highest BCUT2D eigenvalue weighted by atomic mass is 35.5. The summed E-state index contributed by atoms with van der Waals surface area (Å²) in [7, 11) is -3.51. The SMILES string of the molecule is CCOc1nc(COCc2ccccc2OCc2ccccc2)cnc1NC(=O)[C@H](CC1CCCC1)c1ccc(S(C)(=O)=O)c(Cl)c1. The number of hydrogen-bond acceptors (Lipinski definition) is 8. The zero-order valence-electron chi connectivity index (χ0n) is 26.7. The molecule has 1 aliphatic rings. The van der Waals surface area contributed by atoms with Gasteiger partial charge in [-0.15, -0.1) is 0 Å². The number of ether oxygens (including phenoxy) is 3.